The zero-order valence-corrected chi connectivity index (χ0v) is 15.9. The first-order valence-corrected chi connectivity index (χ1v) is 10.1. The van der Waals surface area contributed by atoms with Crippen molar-refractivity contribution in [3.05, 3.63) is 77.9 Å². The van der Waals surface area contributed by atoms with Crippen LogP contribution in [0.1, 0.15) is 22.8 Å². The van der Waals surface area contributed by atoms with Crippen LogP contribution in [0.2, 0.25) is 0 Å². The van der Waals surface area contributed by atoms with E-state index in [0.717, 1.165) is 23.9 Å². The van der Waals surface area contributed by atoms with Gasteiger partial charge in [-0.15, -0.1) is 0 Å². The van der Waals surface area contributed by atoms with Crippen LogP contribution in [-0.2, 0) is 16.6 Å². The second-order valence-corrected chi connectivity index (χ2v) is 7.72. The van der Waals surface area contributed by atoms with Gasteiger partial charge in [-0.3, -0.25) is 4.79 Å². The number of carbonyl (C=O) groups is 1. The Balaban J connectivity index is 1.73. The van der Waals surface area contributed by atoms with Crippen molar-refractivity contribution < 1.29 is 17.6 Å². The lowest BCUT2D eigenvalue weighted by Gasteiger charge is -2.08. The molecule has 146 valence electrons. The molecule has 0 aliphatic rings. The van der Waals surface area contributed by atoms with Gasteiger partial charge < -0.3 is 5.32 Å². The molecule has 1 heterocycles. The van der Waals surface area contributed by atoms with Gasteiger partial charge in [0, 0.05) is 24.8 Å². The van der Waals surface area contributed by atoms with Gasteiger partial charge in [0.1, 0.15) is 5.82 Å². The molecular formula is C19H19FN4O3S. The Morgan fingerprint density at radius 2 is 1.93 bits per heavy atom. The fraction of sp³-hybridized carbons (Fsp3) is 0.158. The number of nitrogens with zero attached hydrogens (tertiary/aromatic N) is 2. The van der Waals surface area contributed by atoms with E-state index < -0.39 is 21.7 Å². The Kier molecular flexibility index (Phi) is 5.86. The highest BCUT2D eigenvalue weighted by molar-refractivity contribution is 7.89. The predicted molar refractivity (Wildman–Crippen MR) is 102 cm³/mol. The Labute approximate surface area is 162 Å². The summed E-state index contributed by atoms with van der Waals surface area (Å²) >= 11 is 0. The highest BCUT2D eigenvalue weighted by atomic mass is 32.2. The third-order valence-corrected chi connectivity index (χ3v) is 5.48. The smallest absolute Gasteiger partial charge is 0.254 e. The number of amides is 1. The fourth-order valence-corrected chi connectivity index (χ4v) is 3.64. The van der Waals surface area contributed by atoms with Crippen molar-refractivity contribution in [2.45, 2.75) is 18.4 Å². The summed E-state index contributed by atoms with van der Waals surface area (Å²) in [7, 11) is -3.79. The van der Waals surface area contributed by atoms with Crippen LogP contribution in [0, 0.1) is 5.82 Å². The number of aromatic nitrogens is 2. The van der Waals surface area contributed by atoms with E-state index in [0.29, 0.717) is 5.56 Å². The molecule has 0 spiro atoms. The second-order valence-electron chi connectivity index (χ2n) is 5.95. The van der Waals surface area contributed by atoms with Gasteiger partial charge >= 0.3 is 0 Å². The van der Waals surface area contributed by atoms with E-state index in [9.17, 15) is 17.6 Å². The number of benzene rings is 2. The highest BCUT2D eigenvalue weighted by Gasteiger charge is 2.19. The van der Waals surface area contributed by atoms with E-state index in [2.05, 4.69) is 15.1 Å². The minimum absolute atomic E-state index is 0.120. The number of sulfonamides is 1. The maximum absolute atomic E-state index is 14.1. The first-order chi connectivity index (χ1) is 13.4. The number of halogens is 1. The maximum atomic E-state index is 14.1. The minimum Gasteiger partial charge on any atom is -0.348 e. The molecule has 2 N–H and O–H groups in total. The van der Waals surface area contributed by atoms with Gasteiger partial charge in [0.2, 0.25) is 10.0 Å². The number of para-hydroxylation sites is 1. The average molecular weight is 402 g/mol. The molecule has 0 saturated carbocycles. The topological polar surface area (TPSA) is 93.1 Å². The van der Waals surface area contributed by atoms with Crippen LogP contribution in [0.15, 0.2) is 65.8 Å². The lowest BCUT2D eigenvalue weighted by Crippen LogP contribution is -2.26. The second kappa shape index (κ2) is 8.32. The largest absolute Gasteiger partial charge is 0.348 e. The van der Waals surface area contributed by atoms with Crippen molar-refractivity contribution in [2.75, 3.05) is 6.54 Å². The number of hydrogen-bond donors (Lipinski definition) is 2. The van der Waals surface area contributed by atoms with Crippen molar-refractivity contribution in [3.8, 4) is 5.69 Å². The molecule has 1 aromatic heterocycles. The summed E-state index contributed by atoms with van der Waals surface area (Å²) in [6.45, 7) is 1.94. The molecule has 28 heavy (non-hydrogen) atoms. The van der Waals surface area contributed by atoms with E-state index in [-0.39, 0.29) is 23.5 Å². The summed E-state index contributed by atoms with van der Waals surface area (Å²) in [6.07, 6.45) is 3.34. The van der Waals surface area contributed by atoms with E-state index >= 15 is 0 Å². The number of nitrogens with one attached hydrogen (secondary N) is 2. The third-order valence-electron chi connectivity index (χ3n) is 3.94. The van der Waals surface area contributed by atoms with Crippen LogP contribution in [0.3, 0.4) is 0 Å². The summed E-state index contributed by atoms with van der Waals surface area (Å²) in [6, 6.07) is 12.6. The first kappa shape index (κ1) is 19.7. The van der Waals surface area contributed by atoms with Gasteiger partial charge in [-0.1, -0.05) is 25.1 Å². The van der Waals surface area contributed by atoms with Crippen LogP contribution in [-0.4, -0.2) is 30.7 Å². The predicted octanol–water partition coefficient (Wildman–Crippen LogP) is 2.24. The Morgan fingerprint density at radius 1 is 1.18 bits per heavy atom. The van der Waals surface area contributed by atoms with Crippen molar-refractivity contribution in [1.29, 1.82) is 0 Å². The quantitative estimate of drug-likeness (QED) is 0.634. The van der Waals surface area contributed by atoms with Gasteiger partial charge in [0.05, 0.1) is 22.3 Å². The lowest BCUT2D eigenvalue weighted by atomic mass is 10.2. The van der Waals surface area contributed by atoms with Crippen LogP contribution < -0.4 is 10.0 Å². The monoisotopic (exact) mass is 402 g/mol. The SMILES string of the molecule is CCNS(=O)(=O)c1ccc(F)c(C(=O)NCc2cnn(-c3ccccc3)c2)c1. The molecule has 0 aliphatic heterocycles. The van der Waals surface area contributed by atoms with Crippen LogP contribution >= 0.6 is 0 Å². The van der Waals surface area contributed by atoms with Crippen molar-refractivity contribution in [1.82, 2.24) is 19.8 Å². The van der Waals surface area contributed by atoms with E-state index in [1.807, 2.05) is 30.3 Å². The molecule has 0 atom stereocenters. The van der Waals surface area contributed by atoms with Crippen molar-refractivity contribution >= 4 is 15.9 Å². The summed E-state index contributed by atoms with van der Waals surface area (Å²) < 4.78 is 42.1. The molecule has 7 nitrogen and oxygen atoms in total. The molecule has 1 amide bonds. The maximum Gasteiger partial charge on any atom is 0.254 e. The molecule has 0 aliphatic carbocycles. The Morgan fingerprint density at radius 3 is 2.64 bits per heavy atom. The van der Waals surface area contributed by atoms with E-state index in [4.69, 9.17) is 0 Å². The lowest BCUT2D eigenvalue weighted by molar-refractivity contribution is 0.0946. The molecule has 0 saturated heterocycles. The van der Waals surface area contributed by atoms with Crippen molar-refractivity contribution in [2.24, 2.45) is 0 Å². The van der Waals surface area contributed by atoms with Gasteiger partial charge in [0.25, 0.3) is 5.91 Å². The highest BCUT2D eigenvalue weighted by Crippen LogP contribution is 2.15. The standard InChI is InChI=1S/C19H19FN4O3S/c1-2-23-28(26,27)16-8-9-18(20)17(10-16)19(25)21-11-14-12-22-24(13-14)15-6-4-3-5-7-15/h3-10,12-13,23H,2,11H2,1H3,(H,21,25). The molecule has 9 heteroatoms. The summed E-state index contributed by atoms with van der Waals surface area (Å²) in [4.78, 5) is 12.2. The summed E-state index contributed by atoms with van der Waals surface area (Å²) in [5.74, 6) is -1.51. The van der Waals surface area contributed by atoms with Crippen LogP contribution in [0.5, 0.6) is 0 Å². The zero-order chi connectivity index (χ0) is 20.1. The minimum atomic E-state index is -3.79. The van der Waals surface area contributed by atoms with Crippen LogP contribution in [0.25, 0.3) is 5.69 Å². The molecular weight excluding hydrogens is 383 g/mol. The van der Waals surface area contributed by atoms with Gasteiger partial charge in [-0.25, -0.2) is 22.2 Å². The number of rotatable bonds is 7. The molecule has 0 fully saturated rings. The van der Waals surface area contributed by atoms with E-state index in [1.165, 1.54) is 0 Å². The fourth-order valence-electron chi connectivity index (χ4n) is 2.57. The van der Waals surface area contributed by atoms with Gasteiger partial charge in [-0.2, -0.15) is 5.10 Å². The summed E-state index contributed by atoms with van der Waals surface area (Å²) in [5, 5.41) is 6.81. The average Bonchev–Trinajstić information content (AvgIpc) is 3.16. The number of carbonyl (C=O) groups excluding carboxylic acids is 1. The molecule has 0 radical (unpaired) electrons. The summed E-state index contributed by atoms with van der Waals surface area (Å²) in [5.41, 5.74) is 1.25. The Bertz CT molecular complexity index is 1080. The molecule has 3 rings (SSSR count). The van der Waals surface area contributed by atoms with Gasteiger partial charge in [-0.05, 0) is 30.3 Å². The van der Waals surface area contributed by atoms with Gasteiger partial charge in [0.15, 0.2) is 0 Å². The third kappa shape index (κ3) is 4.44. The zero-order valence-electron chi connectivity index (χ0n) is 15.1. The molecule has 0 bridgehead atoms. The molecule has 2 aromatic carbocycles. The Hall–Kier alpha value is -3.04. The first-order valence-electron chi connectivity index (χ1n) is 8.57. The van der Waals surface area contributed by atoms with E-state index in [1.54, 1.807) is 24.0 Å². The van der Waals surface area contributed by atoms with Crippen LogP contribution in [0.4, 0.5) is 4.39 Å². The molecule has 0 unspecified atom stereocenters. The normalized spacial score (nSPS) is 11.4. The van der Waals surface area contributed by atoms with Crippen molar-refractivity contribution in [3.63, 3.8) is 0 Å². The molecule has 3 aromatic rings. The number of hydrogen-bond acceptors (Lipinski definition) is 4.